The lowest BCUT2D eigenvalue weighted by atomic mass is 9.95. The highest BCUT2D eigenvalue weighted by molar-refractivity contribution is 5.97. The Morgan fingerprint density at radius 2 is 2.00 bits per heavy atom. The lowest BCUT2D eigenvalue weighted by molar-refractivity contribution is 0.0921. The van der Waals surface area contributed by atoms with Crippen molar-refractivity contribution in [2.75, 3.05) is 6.67 Å². The van der Waals surface area contributed by atoms with Gasteiger partial charge < -0.3 is 0 Å². The molecule has 0 bridgehead atoms. The summed E-state index contributed by atoms with van der Waals surface area (Å²) >= 11 is 0. The van der Waals surface area contributed by atoms with Crippen LogP contribution in [0.15, 0.2) is 30.3 Å². The van der Waals surface area contributed by atoms with Crippen molar-refractivity contribution in [3.8, 4) is 0 Å². The molecular weight excluding hydrogens is 179 g/mol. The Morgan fingerprint density at radius 1 is 1.36 bits per heavy atom. The van der Waals surface area contributed by atoms with E-state index in [2.05, 4.69) is 0 Å². The minimum atomic E-state index is -0.341. The standard InChI is InChI=1S/C12H15FO/c1-10(6-5-9-13)12(14)11-7-3-2-4-8-11/h2-4,7-8,10H,5-6,9H2,1H3. The highest BCUT2D eigenvalue weighted by Gasteiger charge is 2.13. The summed E-state index contributed by atoms with van der Waals surface area (Å²) in [4.78, 5) is 11.7. The first-order valence-electron chi connectivity index (χ1n) is 4.91. The van der Waals surface area contributed by atoms with E-state index in [1.807, 2.05) is 25.1 Å². The maximum absolute atomic E-state index is 11.9. The van der Waals surface area contributed by atoms with Crippen LogP contribution in [-0.2, 0) is 0 Å². The van der Waals surface area contributed by atoms with E-state index < -0.39 is 0 Å². The number of halogens is 1. The summed E-state index contributed by atoms with van der Waals surface area (Å²) in [6.07, 6.45) is 1.10. The predicted octanol–water partition coefficient (Wildman–Crippen LogP) is 3.26. The van der Waals surface area contributed by atoms with E-state index in [-0.39, 0.29) is 18.4 Å². The average molecular weight is 194 g/mol. The molecule has 1 unspecified atom stereocenters. The van der Waals surface area contributed by atoms with Gasteiger partial charge in [0.1, 0.15) is 0 Å². The molecule has 0 amide bonds. The quantitative estimate of drug-likeness (QED) is 0.657. The molecule has 14 heavy (non-hydrogen) atoms. The third-order valence-corrected chi connectivity index (χ3v) is 2.28. The van der Waals surface area contributed by atoms with Gasteiger partial charge in [-0.25, -0.2) is 0 Å². The molecule has 0 saturated carbocycles. The van der Waals surface area contributed by atoms with E-state index in [1.165, 1.54) is 0 Å². The Balaban J connectivity index is 2.57. The first-order valence-corrected chi connectivity index (χ1v) is 4.91. The minimum absolute atomic E-state index is 0.0758. The molecule has 0 saturated heterocycles. The number of rotatable bonds is 5. The van der Waals surface area contributed by atoms with E-state index in [0.29, 0.717) is 12.8 Å². The molecule has 1 aromatic carbocycles. The molecule has 0 spiro atoms. The average Bonchev–Trinajstić information content (AvgIpc) is 2.26. The Kier molecular flexibility index (Phi) is 4.30. The maximum Gasteiger partial charge on any atom is 0.165 e. The zero-order valence-electron chi connectivity index (χ0n) is 8.37. The molecule has 0 N–H and O–H groups in total. The number of benzene rings is 1. The third-order valence-electron chi connectivity index (χ3n) is 2.28. The minimum Gasteiger partial charge on any atom is -0.294 e. The van der Waals surface area contributed by atoms with Crippen molar-refractivity contribution in [1.29, 1.82) is 0 Å². The molecule has 1 atom stereocenters. The van der Waals surface area contributed by atoms with Gasteiger partial charge >= 0.3 is 0 Å². The molecule has 0 aliphatic carbocycles. The molecule has 0 aromatic heterocycles. The summed E-state index contributed by atoms with van der Waals surface area (Å²) in [6, 6.07) is 9.16. The van der Waals surface area contributed by atoms with Crippen molar-refractivity contribution < 1.29 is 9.18 Å². The zero-order chi connectivity index (χ0) is 10.4. The van der Waals surface area contributed by atoms with E-state index in [4.69, 9.17) is 0 Å². The number of ketones is 1. The number of carbonyl (C=O) groups is 1. The van der Waals surface area contributed by atoms with Crippen molar-refractivity contribution in [3.05, 3.63) is 35.9 Å². The van der Waals surface area contributed by atoms with Crippen LogP contribution in [0.4, 0.5) is 4.39 Å². The van der Waals surface area contributed by atoms with Crippen LogP contribution in [0.5, 0.6) is 0 Å². The van der Waals surface area contributed by atoms with E-state index in [0.717, 1.165) is 5.56 Å². The fraction of sp³-hybridized carbons (Fsp3) is 0.417. The second-order valence-electron chi connectivity index (χ2n) is 3.46. The molecule has 0 radical (unpaired) electrons. The highest BCUT2D eigenvalue weighted by atomic mass is 19.1. The van der Waals surface area contributed by atoms with Gasteiger partial charge in [-0.1, -0.05) is 37.3 Å². The number of hydrogen-bond donors (Lipinski definition) is 0. The molecular formula is C12H15FO. The van der Waals surface area contributed by atoms with Crippen LogP contribution in [0, 0.1) is 5.92 Å². The normalized spacial score (nSPS) is 12.4. The SMILES string of the molecule is CC(CCCF)C(=O)c1ccccc1. The monoisotopic (exact) mass is 194 g/mol. The maximum atomic E-state index is 11.9. The summed E-state index contributed by atoms with van der Waals surface area (Å²) in [7, 11) is 0. The summed E-state index contributed by atoms with van der Waals surface area (Å²) in [5.41, 5.74) is 0.721. The molecule has 0 heterocycles. The van der Waals surface area contributed by atoms with Crippen molar-refractivity contribution in [2.45, 2.75) is 19.8 Å². The molecule has 1 aromatic rings. The predicted molar refractivity (Wildman–Crippen MR) is 55.1 cm³/mol. The molecule has 0 aliphatic rings. The van der Waals surface area contributed by atoms with Crippen LogP contribution in [0.3, 0.4) is 0 Å². The van der Waals surface area contributed by atoms with Gasteiger partial charge in [-0.15, -0.1) is 0 Å². The smallest absolute Gasteiger partial charge is 0.165 e. The summed E-state index contributed by atoms with van der Waals surface area (Å²) in [5, 5.41) is 0. The van der Waals surface area contributed by atoms with Gasteiger partial charge in [0.05, 0.1) is 6.67 Å². The fourth-order valence-electron chi connectivity index (χ4n) is 1.40. The van der Waals surface area contributed by atoms with Crippen LogP contribution < -0.4 is 0 Å². The van der Waals surface area contributed by atoms with Crippen LogP contribution in [0.25, 0.3) is 0 Å². The van der Waals surface area contributed by atoms with Gasteiger partial charge in [-0.2, -0.15) is 0 Å². The number of alkyl halides is 1. The van der Waals surface area contributed by atoms with Crippen molar-refractivity contribution in [1.82, 2.24) is 0 Å². The largest absolute Gasteiger partial charge is 0.294 e. The summed E-state index contributed by atoms with van der Waals surface area (Å²) in [6.45, 7) is 1.51. The molecule has 1 nitrogen and oxygen atoms in total. The van der Waals surface area contributed by atoms with E-state index in [1.54, 1.807) is 12.1 Å². The van der Waals surface area contributed by atoms with Gasteiger partial charge in [-0.05, 0) is 12.8 Å². The fourth-order valence-corrected chi connectivity index (χ4v) is 1.40. The van der Waals surface area contributed by atoms with E-state index >= 15 is 0 Å². The molecule has 2 heteroatoms. The Hall–Kier alpha value is -1.18. The lowest BCUT2D eigenvalue weighted by Gasteiger charge is -2.08. The van der Waals surface area contributed by atoms with Crippen LogP contribution >= 0.6 is 0 Å². The van der Waals surface area contributed by atoms with Crippen molar-refractivity contribution in [2.24, 2.45) is 5.92 Å². The number of Topliss-reactive ketones (excluding diaryl/α,β-unsaturated/α-hetero) is 1. The number of hydrogen-bond acceptors (Lipinski definition) is 1. The first kappa shape index (κ1) is 10.9. The molecule has 1 rings (SSSR count). The Morgan fingerprint density at radius 3 is 2.57 bits per heavy atom. The van der Waals surface area contributed by atoms with Gasteiger partial charge in [0, 0.05) is 11.5 Å². The van der Waals surface area contributed by atoms with Crippen LogP contribution in [0.1, 0.15) is 30.1 Å². The second-order valence-corrected chi connectivity index (χ2v) is 3.46. The number of carbonyl (C=O) groups excluding carboxylic acids is 1. The van der Waals surface area contributed by atoms with Gasteiger partial charge in [0.2, 0.25) is 0 Å². The molecule has 0 fully saturated rings. The van der Waals surface area contributed by atoms with Crippen LogP contribution in [0.2, 0.25) is 0 Å². The second kappa shape index (κ2) is 5.53. The Labute approximate surface area is 83.9 Å². The summed E-state index contributed by atoms with van der Waals surface area (Å²) < 4.78 is 11.9. The van der Waals surface area contributed by atoms with Crippen molar-refractivity contribution in [3.63, 3.8) is 0 Å². The summed E-state index contributed by atoms with van der Waals surface area (Å²) in [5.74, 6) is 0.0344. The van der Waals surface area contributed by atoms with Gasteiger partial charge in [0.15, 0.2) is 5.78 Å². The Bertz CT molecular complexity index is 282. The molecule has 76 valence electrons. The van der Waals surface area contributed by atoms with Gasteiger partial charge in [0.25, 0.3) is 0 Å². The first-order chi connectivity index (χ1) is 6.75. The van der Waals surface area contributed by atoms with Gasteiger partial charge in [-0.3, -0.25) is 9.18 Å². The molecule has 0 aliphatic heterocycles. The zero-order valence-corrected chi connectivity index (χ0v) is 8.37. The lowest BCUT2D eigenvalue weighted by Crippen LogP contribution is -2.11. The third kappa shape index (κ3) is 2.95. The van der Waals surface area contributed by atoms with Crippen molar-refractivity contribution >= 4 is 5.78 Å². The highest BCUT2D eigenvalue weighted by Crippen LogP contribution is 2.13. The van der Waals surface area contributed by atoms with E-state index in [9.17, 15) is 9.18 Å². The van der Waals surface area contributed by atoms with Crippen LogP contribution in [-0.4, -0.2) is 12.5 Å². The topological polar surface area (TPSA) is 17.1 Å².